The normalized spacial score (nSPS) is 27.3. The SMILES string of the molecule is Cn1cnc(S(=O)(=O)N2CCCCN3[C@H](C2)[C@H](c2ccc(C4=CCCC4)cc2)[C@@H]3CO)c1. The Morgan fingerprint density at radius 2 is 1.91 bits per heavy atom. The summed E-state index contributed by atoms with van der Waals surface area (Å²) in [5, 5.41) is 10.3. The van der Waals surface area contributed by atoms with E-state index in [0.29, 0.717) is 13.1 Å². The summed E-state index contributed by atoms with van der Waals surface area (Å²) in [6, 6.07) is 8.83. The number of aromatic nitrogens is 2. The highest BCUT2D eigenvalue weighted by atomic mass is 32.2. The number of aliphatic hydroxyl groups is 1. The van der Waals surface area contributed by atoms with Crippen LogP contribution in [0.2, 0.25) is 0 Å². The van der Waals surface area contributed by atoms with E-state index in [0.717, 1.165) is 32.2 Å². The van der Waals surface area contributed by atoms with Gasteiger partial charge in [-0.15, -0.1) is 0 Å². The van der Waals surface area contributed by atoms with Gasteiger partial charge in [0.2, 0.25) is 0 Å². The van der Waals surface area contributed by atoms with E-state index in [4.69, 9.17) is 0 Å². The number of benzene rings is 1. The Kier molecular flexibility index (Phi) is 5.96. The number of hydrogen-bond donors (Lipinski definition) is 1. The van der Waals surface area contributed by atoms with E-state index in [1.807, 2.05) is 0 Å². The second-order valence-electron chi connectivity index (χ2n) is 9.27. The van der Waals surface area contributed by atoms with Gasteiger partial charge in [-0.1, -0.05) is 30.3 Å². The molecule has 0 amide bonds. The Labute approximate surface area is 190 Å². The molecule has 2 saturated heterocycles. The summed E-state index contributed by atoms with van der Waals surface area (Å²) in [5.41, 5.74) is 3.88. The standard InChI is InChI=1S/C24H32N4O3S/c1-26-15-23(25-17-26)32(30,31)27-12-4-5-13-28-21(14-27)24(22(28)16-29)20-10-8-19(9-11-20)18-6-2-3-7-18/h6,8-11,15,17,21-22,24,29H,2-5,7,12-14,16H2,1H3/t21-,22+,24+/m1/s1. The number of aryl methyl sites for hydroxylation is 1. The summed E-state index contributed by atoms with van der Waals surface area (Å²) in [5.74, 6) is 0.117. The van der Waals surface area contributed by atoms with Gasteiger partial charge in [-0.2, -0.15) is 4.31 Å². The number of imidazole rings is 1. The third-order valence-corrected chi connectivity index (χ3v) is 9.08. The van der Waals surface area contributed by atoms with Crippen molar-refractivity contribution < 1.29 is 13.5 Å². The third-order valence-electron chi connectivity index (χ3n) is 7.33. The summed E-state index contributed by atoms with van der Waals surface area (Å²) < 4.78 is 29.9. The van der Waals surface area contributed by atoms with Gasteiger partial charge in [0.25, 0.3) is 10.0 Å². The molecule has 0 radical (unpaired) electrons. The average Bonchev–Trinajstić information content (AvgIpc) is 3.45. The molecule has 1 aromatic heterocycles. The second kappa shape index (κ2) is 8.74. The Balaban J connectivity index is 1.41. The van der Waals surface area contributed by atoms with Crippen LogP contribution in [0.5, 0.6) is 0 Å². The molecule has 3 atom stereocenters. The molecule has 8 heteroatoms. The molecule has 7 nitrogen and oxygen atoms in total. The number of nitrogens with zero attached hydrogens (tertiary/aromatic N) is 4. The van der Waals surface area contributed by atoms with E-state index >= 15 is 0 Å². The topological polar surface area (TPSA) is 78.7 Å². The first-order valence-electron chi connectivity index (χ1n) is 11.6. The van der Waals surface area contributed by atoms with Crippen LogP contribution in [0.3, 0.4) is 0 Å². The van der Waals surface area contributed by atoms with Crippen LogP contribution < -0.4 is 0 Å². The van der Waals surface area contributed by atoms with Gasteiger partial charge in [-0.25, -0.2) is 13.4 Å². The van der Waals surface area contributed by atoms with Crippen LogP contribution in [0, 0.1) is 0 Å². The van der Waals surface area contributed by atoms with Crippen molar-refractivity contribution in [1.29, 1.82) is 0 Å². The maximum atomic E-state index is 13.3. The molecule has 1 aliphatic carbocycles. The van der Waals surface area contributed by atoms with E-state index in [2.05, 4.69) is 40.2 Å². The van der Waals surface area contributed by atoms with E-state index in [1.54, 1.807) is 22.1 Å². The van der Waals surface area contributed by atoms with Gasteiger partial charge in [-0.3, -0.25) is 4.90 Å². The van der Waals surface area contributed by atoms with Gasteiger partial charge in [0, 0.05) is 44.3 Å². The Hall–Kier alpha value is -2.00. The van der Waals surface area contributed by atoms with Gasteiger partial charge in [0.15, 0.2) is 5.03 Å². The fourth-order valence-corrected chi connectivity index (χ4v) is 7.10. The highest BCUT2D eigenvalue weighted by Crippen LogP contribution is 2.43. The van der Waals surface area contributed by atoms with Crippen LogP contribution in [-0.4, -0.2) is 70.6 Å². The number of sulfonamides is 1. The Bertz CT molecular complexity index is 1090. The smallest absolute Gasteiger partial charge is 0.262 e. The molecule has 5 rings (SSSR count). The van der Waals surface area contributed by atoms with Gasteiger partial charge >= 0.3 is 0 Å². The zero-order chi connectivity index (χ0) is 22.3. The largest absolute Gasteiger partial charge is 0.395 e. The molecular formula is C24H32N4O3S. The minimum atomic E-state index is -3.65. The number of hydrogen-bond acceptors (Lipinski definition) is 5. The fraction of sp³-hybridized carbons (Fsp3) is 0.542. The van der Waals surface area contributed by atoms with Crippen LogP contribution in [0.15, 0.2) is 47.9 Å². The van der Waals surface area contributed by atoms with Crippen molar-refractivity contribution >= 4 is 15.6 Å². The molecule has 172 valence electrons. The minimum Gasteiger partial charge on any atom is -0.395 e. The van der Waals surface area contributed by atoms with Crippen LogP contribution in [0.25, 0.3) is 5.57 Å². The van der Waals surface area contributed by atoms with Gasteiger partial charge in [-0.05, 0) is 55.3 Å². The lowest BCUT2D eigenvalue weighted by molar-refractivity contribution is -0.0554. The lowest BCUT2D eigenvalue weighted by Crippen LogP contribution is -2.67. The first-order valence-corrected chi connectivity index (χ1v) is 13.1. The molecule has 1 N–H and O–H groups in total. The maximum absolute atomic E-state index is 13.3. The van der Waals surface area contributed by atoms with E-state index < -0.39 is 10.0 Å². The number of allylic oxidation sites excluding steroid dienone is 2. The molecule has 0 unspecified atom stereocenters. The molecule has 0 bridgehead atoms. The Morgan fingerprint density at radius 3 is 2.56 bits per heavy atom. The third kappa shape index (κ3) is 3.83. The quantitative estimate of drug-likeness (QED) is 0.748. The van der Waals surface area contributed by atoms with Crippen molar-refractivity contribution in [2.75, 3.05) is 26.2 Å². The van der Waals surface area contributed by atoms with Gasteiger partial charge in [0.05, 0.1) is 12.9 Å². The van der Waals surface area contributed by atoms with Crippen LogP contribution in [-0.2, 0) is 17.1 Å². The molecule has 0 saturated carbocycles. The molecule has 0 spiro atoms. The molecular weight excluding hydrogens is 424 g/mol. The van der Waals surface area contributed by atoms with Crippen molar-refractivity contribution in [1.82, 2.24) is 18.8 Å². The minimum absolute atomic E-state index is 0.0362. The van der Waals surface area contributed by atoms with Gasteiger partial charge in [0.1, 0.15) is 0 Å². The van der Waals surface area contributed by atoms with E-state index in [9.17, 15) is 13.5 Å². The van der Waals surface area contributed by atoms with Gasteiger partial charge < -0.3 is 9.67 Å². The molecule has 2 aromatic rings. The molecule has 1 aromatic carbocycles. The summed E-state index contributed by atoms with van der Waals surface area (Å²) in [4.78, 5) is 6.41. The van der Waals surface area contributed by atoms with Crippen LogP contribution in [0.4, 0.5) is 0 Å². The van der Waals surface area contributed by atoms with Crippen LogP contribution >= 0.6 is 0 Å². The van der Waals surface area contributed by atoms with Crippen molar-refractivity contribution in [3.63, 3.8) is 0 Å². The maximum Gasteiger partial charge on any atom is 0.262 e. The average molecular weight is 457 g/mol. The lowest BCUT2D eigenvalue weighted by Gasteiger charge is -2.57. The number of rotatable bonds is 5. The Morgan fingerprint density at radius 1 is 1.12 bits per heavy atom. The summed E-state index contributed by atoms with van der Waals surface area (Å²) >= 11 is 0. The van der Waals surface area contributed by atoms with Crippen molar-refractivity contribution in [3.8, 4) is 0 Å². The number of aliphatic hydroxyl groups excluding tert-OH is 1. The summed E-state index contributed by atoms with van der Waals surface area (Å²) in [6.07, 6.45) is 10.7. The second-order valence-corrected chi connectivity index (χ2v) is 11.2. The van der Waals surface area contributed by atoms with Crippen LogP contribution in [0.1, 0.15) is 49.1 Å². The van der Waals surface area contributed by atoms with E-state index in [-0.39, 0.29) is 29.6 Å². The zero-order valence-electron chi connectivity index (χ0n) is 18.6. The number of fused-ring (bicyclic) bond motifs is 1. The highest BCUT2D eigenvalue weighted by molar-refractivity contribution is 7.89. The molecule has 3 heterocycles. The van der Waals surface area contributed by atoms with E-state index in [1.165, 1.54) is 29.4 Å². The fourth-order valence-electron chi connectivity index (χ4n) is 5.63. The predicted octanol–water partition coefficient (Wildman–Crippen LogP) is 2.60. The zero-order valence-corrected chi connectivity index (χ0v) is 19.4. The monoisotopic (exact) mass is 456 g/mol. The molecule has 2 aliphatic heterocycles. The van der Waals surface area contributed by atoms with Crippen molar-refractivity contribution in [2.24, 2.45) is 7.05 Å². The van der Waals surface area contributed by atoms with Crippen molar-refractivity contribution in [2.45, 2.75) is 55.1 Å². The molecule has 2 fully saturated rings. The first kappa shape index (κ1) is 21.8. The first-order chi connectivity index (χ1) is 15.5. The molecule has 32 heavy (non-hydrogen) atoms. The predicted molar refractivity (Wildman–Crippen MR) is 124 cm³/mol. The lowest BCUT2D eigenvalue weighted by atomic mass is 9.74. The summed E-state index contributed by atoms with van der Waals surface area (Å²) in [7, 11) is -1.87. The molecule has 3 aliphatic rings. The van der Waals surface area contributed by atoms with Crippen molar-refractivity contribution in [3.05, 3.63) is 54.0 Å². The highest BCUT2D eigenvalue weighted by Gasteiger charge is 2.50. The summed E-state index contributed by atoms with van der Waals surface area (Å²) in [6.45, 7) is 1.91.